The number of halogens is 2. The topological polar surface area (TPSA) is 59.8 Å². The largest absolute Gasteiger partial charge is 0.351 e. The van der Waals surface area contributed by atoms with E-state index in [2.05, 4.69) is 15.5 Å². The number of hydrogen-bond donors (Lipinski definition) is 1. The Hall–Kier alpha value is -3.16. The second-order valence-corrected chi connectivity index (χ2v) is 8.06. The fraction of sp³-hybridized carbons (Fsp3) is 0.0870. The monoisotopic (exact) mass is 452 g/mol. The van der Waals surface area contributed by atoms with Gasteiger partial charge in [0.25, 0.3) is 0 Å². The smallest absolute Gasteiger partial charge is 0.230 e. The molecule has 3 aromatic carbocycles. The van der Waals surface area contributed by atoms with E-state index < -0.39 is 0 Å². The van der Waals surface area contributed by atoms with Gasteiger partial charge in [0.15, 0.2) is 11.0 Å². The van der Waals surface area contributed by atoms with Crippen molar-refractivity contribution < 1.29 is 9.18 Å². The lowest BCUT2D eigenvalue weighted by molar-refractivity contribution is -0.118. The Balaban J connectivity index is 1.51. The molecule has 5 nitrogen and oxygen atoms in total. The zero-order valence-corrected chi connectivity index (χ0v) is 17.9. The molecule has 156 valence electrons. The van der Waals surface area contributed by atoms with E-state index in [-0.39, 0.29) is 17.5 Å². The molecule has 0 radical (unpaired) electrons. The highest BCUT2D eigenvalue weighted by atomic mass is 35.5. The number of rotatable bonds is 7. The molecule has 0 aliphatic heterocycles. The highest BCUT2D eigenvalue weighted by Gasteiger charge is 2.17. The standard InChI is InChI=1S/C23H18ClFN4OS/c24-18-6-4-5-16(13-18)14-26-21(30)15-31-23-28-27-22(17-9-11-19(25)12-10-17)29(23)20-7-2-1-3-8-20/h1-13H,14-15H2,(H,26,30). The van der Waals surface area contributed by atoms with Gasteiger partial charge < -0.3 is 5.32 Å². The first kappa shape index (κ1) is 21.1. The van der Waals surface area contributed by atoms with Gasteiger partial charge in [0.1, 0.15) is 5.82 Å². The maximum atomic E-state index is 13.4. The number of carbonyl (C=O) groups excluding carboxylic acids is 1. The van der Waals surface area contributed by atoms with Crippen molar-refractivity contribution in [1.82, 2.24) is 20.1 Å². The van der Waals surface area contributed by atoms with Gasteiger partial charge in [-0.1, -0.05) is 53.7 Å². The summed E-state index contributed by atoms with van der Waals surface area (Å²) in [6.07, 6.45) is 0. The number of amides is 1. The van der Waals surface area contributed by atoms with Gasteiger partial charge in [-0.25, -0.2) is 4.39 Å². The van der Waals surface area contributed by atoms with Crippen molar-refractivity contribution in [2.75, 3.05) is 5.75 Å². The molecule has 0 aliphatic rings. The molecule has 1 heterocycles. The summed E-state index contributed by atoms with van der Waals surface area (Å²) in [6, 6.07) is 23.0. The van der Waals surface area contributed by atoms with Crippen molar-refractivity contribution >= 4 is 29.3 Å². The molecule has 1 amide bonds. The number of aromatic nitrogens is 3. The summed E-state index contributed by atoms with van der Waals surface area (Å²) in [4.78, 5) is 12.4. The first-order valence-corrected chi connectivity index (χ1v) is 10.9. The van der Waals surface area contributed by atoms with Crippen LogP contribution in [0.4, 0.5) is 4.39 Å². The Labute approximate surface area is 188 Å². The summed E-state index contributed by atoms with van der Waals surface area (Å²) < 4.78 is 15.2. The van der Waals surface area contributed by atoms with E-state index in [1.807, 2.05) is 53.1 Å². The maximum Gasteiger partial charge on any atom is 0.230 e. The second kappa shape index (κ2) is 9.76. The molecule has 1 N–H and O–H groups in total. The number of hydrogen-bond acceptors (Lipinski definition) is 4. The summed E-state index contributed by atoms with van der Waals surface area (Å²) in [7, 11) is 0. The lowest BCUT2D eigenvalue weighted by Gasteiger charge is -2.10. The third-order valence-electron chi connectivity index (χ3n) is 4.46. The summed E-state index contributed by atoms with van der Waals surface area (Å²) in [6.45, 7) is 0.395. The average molecular weight is 453 g/mol. The second-order valence-electron chi connectivity index (χ2n) is 6.68. The first-order valence-electron chi connectivity index (χ1n) is 9.51. The minimum absolute atomic E-state index is 0.129. The summed E-state index contributed by atoms with van der Waals surface area (Å²) in [5.74, 6) is 0.305. The number of para-hydroxylation sites is 1. The van der Waals surface area contributed by atoms with E-state index in [4.69, 9.17) is 11.6 Å². The van der Waals surface area contributed by atoms with E-state index in [0.717, 1.165) is 16.8 Å². The van der Waals surface area contributed by atoms with Crippen LogP contribution in [0.2, 0.25) is 5.02 Å². The van der Waals surface area contributed by atoms with Gasteiger partial charge in [0, 0.05) is 22.8 Å². The predicted octanol–water partition coefficient (Wildman–Crippen LogP) is 5.14. The molecule has 0 bridgehead atoms. The van der Waals surface area contributed by atoms with E-state index in [1.54, 1.807) is 18.2 Å². The van der Waals surface area contributed by atoms with Gasteiger partial charge in [-0.15, -0.1) is 10.2 Å². The third kappa shape index (κ3) is 5.31. The molecule has 0 fully saturated rings. The van der Waals surface area contributed by atoms with Crippen molar-refractivity contribution in [3.05, 3.63) is 95.3 Å². The molecule has 0 spiro atoms. The number of nitrogens with zero attached hydrogens (tertiary/aromatic N) is 3. The minimum Gasteiger partial charge on any atom is -0.351 e. The van der Waals surface area contributed by atoms with Crippen molar-refractivity contribution in [3.8, 4) is 17.1 Å². The van der Waals surface area contributed by atoms with Gasteiger partial charge in [-0.05, 0) is 54.1 Å². The molecule has 4 aromatic rings. The Morgan fingerprint density at radius 3 is 2.52 bits per heavy atom. The third-order valence-corrected chi connectivity index (χ3v) is 5.63. The molecule has 0 saturated carbocycles. The van der Waals surface area contributed by atoms with Gasteiger partial charge in [-0.3, -0.25) is 9.36 Å². The maximum absolute atomic E-state index is 13.4. The van der Waals surface area contributed by atoms with E-state index in [1.165, 1.54) is 23.9 Å². The van der Waals surface area contributed by atoms with Crippen LogP contribution in [-0.2, 0) is 11.3 Å². The lowest BCUT2D eigenvalue weighted by Crippen LogP contribution is -2.24. The van der Waals surface area contributed by atoms with Crippen molar-refractivity contribution in [1.29, 1.82) is 0 Å². The zero-order valence-electron chi connectivity index (χ0n) is 16.3. The molecule has 0 aliphatic carbocycles. The quantitative estimate of drug-likeness (QED) is 0.395. The Bertz CT molecular complexity index is 1180. The van der Waals surface area contributed by atoms with Crippen LogP contribution >= 0.6 is 23.4 Å². The highest BCUT2D eigenvalue weighted by Crippen LogP contribution is 2.28. The van der Waals surface area contributed by atoms with Gasteiger partial charge in [0.2, 0.25) is 5.91 Å². The Morgan fingerprint density at radius 1 is 1.00 bits per heavy atom. The number of carbonyl (C=O) groups is 1. The predicted molar refractivity (Wildman–Crippen MR) is 121 cm³/mol. The fourth-order valence-electron chi connectivity index (χ4n) is 2.99. The van der Waals surface area contributed by atoms with Crippen molar-refractivity contribution in [2.45, 2.75) is 11.7 Å². The SMILES string of the molecule is O=C(CSc1nnc(-c2ccc(F)cc2)n1-c1ccccc1)NCc1cccc(Cl)c1. The average Bonchev–Trinajstić information content (AvgIpc) is 3.21. The van der Waals surface area contributed by atoms with Crippen LogP contribution < -0.4 is 5.32 Å². The molecule has 31 heavy (non-hydrogen) atoms. The molecule has 0 atom stereocenters. The van der Waals surface area contributed by atoms with Gasteiger partial charge >= 0.3 is 0 Å². The first-order chi connectivity index (χ1) is 15.1. The van der Waals surface area contributed by atoms with E-state index in [9.17, 15) is 9.18 Å². The van der Waals surface area contributed by atoms with E-state index >= 15 is 0 Å². The number of benzene rings is 3. The number of nitrogens with one attached hydrogen (secondary N) is 1. The summed E-state index contributed by atoms with van der Waals surface area (Å²) in [5.41, 5.74) is 2.51. The van der Waals surface area contributed by atoms with Crippen LogP contribution in [0.25, 0.3) is 17.1 Å². The minimum atomic E-state index is -0.319. The summed E-state index contributed by atoms with van der Waals surface area (Å²) in [5, 5.41) is 12.7. The molecule has 4 rings (SSSR count). The Kier molecular flexibility index (Phi) is 6.64. The van der Waals surface area contributed by atoms with Gasteiger partial charge in [0.05, 0.1) is 5.75 Å². The molecule has 1 aromatic heterocycles. The Morgan fingerprint density at radius 2 is 1.77 bits per heavy atom. The van der Waals surface area contributed by atoms with Gasteiger partial charge in [-0.2, -0.15) is 0 Å². The molecule has 0 unspecified atom stereocenters. The molecular formula is C23H18ClFN4OS. The number of thioether (sulfide) groups is 1. The van der Waals surface area contributed by atoms with Crippen LogP contribution in [0.15, 0.2) is 84.0 Å². The summed E-state index contributed by atoms with van der Waals surface area (Å²) >= 11 is 7.27. The molecule has 8 heteroatoms. The normalized spacial score (nSPS) is 10.8. The van der Waals surface area contributed by atoms with Crippen molar-refractivity contribution in [2.24, 2.45) is 0 Å². The lowest BCUT2D eigenvalue weighted by atomic mass is 10.2. The molecular weight excluding hydrogens is 435 g/mol. The van der Waals surface area contributed by atoms with Crippen LogP contribution in [0.1, 0.15) is 5.56 Å². The highest BCUT2D eigenvalue weighted by molar-refractivity contribution is 7.99. The van der Waals surface area contributed by atoms with Crippen LogP contribution in [-0.4, -0.2) is 26.4 Å². The van der Waals surface area contributed by atoms with Crippen LogP contribution in [0, 0.1) is 5.82 Å². The molecule has 0 saturated heterocycles. The zero-order chi connectivity index (χ0) is 21.6. The van der Waals surface area contributed by atoms with Crippen molar-refractivity contribution in [3.63, 3.8) is 0 Å². The fourth-order valence-corrected chi connectivity index (χ4v) is 3.98. The van der Waals surface area contributed by atoms with Crippen LogP contribution in [0.5, 0.6) is 0 Å². The van der Waals surface area contributed by atoms with Crippen LogP contribution in [0.3, 0.4) is 0 Å². The van der Waals surface area contributed by atoms with E-state index in [0.29, 0.717) is 22.5 Å².